The zero-order valence-electron chi connectivity index (χ0n) is 10.3. The van der Waals surface area contributed by atoms with Crippen molar-refractivity contribution in [3.8, 4) is 0 Å². The Morgan fingerprint density at radius 1 is 1.15 bits per heavy atom. The van der Waals surface area contributed by atoms with Gasteiger partial charge in [0.25, 0.3) is 5.91 Å². The average molecular weight is 289 g/mol. The molecule has 1 amide bonds. The number of aliphatic hydroxyl groups is 1. The van der Waals surface area contributed by atoms with Gasteiger partial charge in [-0.3, -0.25) is 4.79 Å². The fourth-order valence-electron chi connectivity index (χ4n) is 2.54. The van der Waals surface area contributed by atoms with Crippen molar-refractivity contribution in [3.63, 3.8) is 0 Å². The van der Waals surface area contributed by atoms with Crippen LogP contribution in [0.15, 0.2) is 6.07 Å². The van der Waals surface area contributed by atoms with Crippen molar-refractivity contribution < 1.29 is 27.5 Å². The molecule has 108 valence electrons. The van der Waals surface area contributed by atoms with E-state index in [1.807, 2.05) is 0 Å². The SMILES string of the molecule is O=C(c1cc(F)c(F)c(F)c1F)N1CC(O)(C2CC2)C1. The van der Waals surface area contributed by atoms with E-state index in [4.69, 9.17) is 0 Å². The molecule has 1 aromatic rings. The molecular formula is C13H11F4NO2. The van der Waals surface area contributed by atoms with Crippen LogP contribution in [0, 0.1) is 29.2 Å². The predicted octanol–water partition coefficient (Wildman–Crippen LogP) is 1.84. The monoisotopic (exact) mass is 289 g/mol. The molecule has 0 bridgehead atoms. The maximum absolute atomic E-state index is 13.5. The van der Waals surface area contributed by atoms with Crippen LogP contribution in [0.3, 0.4) is 0 Å². The Balaban J connectivity index is 1.82. The number of rotatable bonds is 2. The van der Waals surface area contributed by atoms with Crippen LogP contribution < -0.4 is 0 Å². The quantitative estimate of drug-likeness (QED) is 0.513. The van der Waals surface area contributed by atoms with Gasteiger partial charge in [0.2, 0.25) is 0 Å². The van der Waals surface area contributed by atoms with E-state index < -0.39 is 40.3 Å². The molecule has 7 heteroatoms. The van der Waals surface area contributed by atoms with E-state index in [0.717, 1.165) is 17.7 Å². The van der Waals surface area contributed by atoms with Crippen LogP contribution in [0.4, 0.5) is 17.6 Å². The highest BCUT2D eigenvalue weighted by Crippen LogP contribution is 2.44. The second-order valence-electron chi connectivity index (χ2n) is 5.39. The third-order valence-corrected chi connectivity index (χ3v) is 3.89. The molecule has 1 heterocycles. The molecule has 3 nitrogen and oxygen atoms in total. The Morgan fingerprint density at radius 2 is 1.75 bits per heavy atom. The smallest absolute Gasteiger partial charge is 0.257 e. The van der Waals surface area contributed by atoms with Gasteiger partial charge in [0, 0.05) is 0 Å². The standard InChI is InChI=1S/C13H11F4NO2/c14-8-3-7(9(15)11(17)10(8)16)12(19)18-4-13(20,5-18)6-1-2-6/h3,6,20H,1-2,4-5H2. The molecule has 1 saturated heterocycles. The molecule has 1 N–H and O–H groups in total. The Bertz CT molecular complexity index is 595. The molecule has 1 saturated carbocycles. The van der Waals surface area contributed by atoms with E-state index in [9.17, 15) is 27.5 Å². The molecule has 0 radical (unpaired) electrons. The van der Waals surface area contributed by atoms with E-state index in [-0.39, 0.29) is 19.0 Å². The van der Waals surface area contributed by atoms with Crippen molar-refractivity contribution in [2.75, 3.05) is 13.1 Å². The number of β-amino-alcohol motifs (C(OH)–C–C–N with tert-alkyl or cyclic N) is 1. The molecule has 0 aromatic heterocycles. The predicted molar refractivity (Wildman–Crippen MR) is 59.9 cm³/mol. The highest BCUT2D eigenvalue weighted by atomic mass is 19.2. The zero-order valence-corrected chi connectivity index (χ0v) is 10.3. The average Bonchev–Trinajstić information content (AvgIpc) is 3.20. The lowest BCUT2D eigenvalue weighted by atomic mass is 9.88. The van der Waals surface area contributed by atoms with E-state index in [2.05, 4.69) is 0 Å². The number of carbonyl (C=O) groups is 1. The Hall–Kier alpha value is -1.63. The summed E-state index contributed by atoms with van der Waals surface area (Å²) in [5, 5.41) is 10.0. The van der Waals surface area contributed by atoms with Gasteiger partial charge in [-0.2, -0.15) is 0 Å². The van der Waals surface area contributed by atoms with E-state index in [1.54, 1.807) is 0 Å². The number of nitrogens with zero attached hydrogens (tertiary/aromatic N) is 1. The van der Waals surface area contributed by atoms with Crippen LogP contribution in [-0.2, 0) is 0 Å². The summed E-state index contributed by atoms with van der Waals surface area (Å²) >= 11 is 0. The first-order chi connectivity index (χ1) is 9.33. The van der Waals surface area contributed by atoms with Crippen LogP contribution in [0.5, 0.6) is 0 Å². The van der Waals surface area contributed by atoms with Gasteiger partial charge in [0.1, 0.15) is 5.60 Å². The van der Waals surface area contributed by atoms with Crippen molar-refractivity contribution in [2.45, 2.75) is 18.4 Å². The number of amides is 1. The Kier molecular flexibility index (Phi) is 2.79. The zero-order chi connectivity index (χ0) is 14.7. The van der Waals surface area contributed by atoms with Crippen molar-refractivity contribution in [1.82, 2.24) is 4.90 Å². The minimum absolute atomic E-state index is 0.00342. The van der Waals surface area contributed by atoms with Crippen molar-refractivity contribution in [2.24, 2.45) is 5.92 Å². The van der Waals surface area contributed by atoms with E-state index >= 15 is 0 Å². The molecule has 0 unspecified atom stereocenters. The molecule has 20 heavy (non-hydrogen) atoms. The third kappa shape index (κ3) is 1.88. The number of carbonyl (C=O) groups excluding carboxylic acids is 1. The van der Waals surface area contributed by atoms with Crippen LogP contribution >= 0.6 is 0 Å². The summed E-state index contributed by atoms with van der Waals surface area (Å²) in [6, 6.07) is 0.338. The van der Waals surface area contributed by atoms with Gasteiger partial charge in [-0.25, -0.2) is 17.6 Å². The van der Waals surface area contributed by atoms with Gasteiger partial charge in [-0.15, -0.1) is 0 Å². The summed E-state index contributed by atoms with van der Waals surface area (Å²) in [5.41, 5.74) is -1.84. The highest BCUT2D eigenvalue weighted by molar-refractivity contribution is 5.95. The summed E-state index contributed by atoms with van der Waals surface area (Å²) in [7, 11) is 0. The topological polar surface area (TPSA) is 40.5 Å². The maximum Gasteiger partial charge on any atom is 0.257 e. The Labute approximate surface area is 111 Å². The van der Waals surface area contributed by atoms with Gasteiger partial charge >= 0.3 is 0 Å². The molecule has 1 aliphatic carbocycles. The third-order valence-electron chi connectivity index (χ3n) is 3.89. The van der Waals surface area contributed by atoms with Crippen LogP contribution in [0.2, 0.25) is 0 Å². The summed E-state index contributed by atoms with van der Waals surface area (Å²) in [5.74, 6) is -8.12. The van der Waals surface area contributed by atoms with Gasteiger partial charge in [0.05, 0.1) is 18.7 Å². The maximum atomic E-state index is 13.5. The van der Waals surface area contributed by atoms with Crippen molar-refractivity contribution in [3.05, 3.63) is 34.9 Å². The number of likely N-dealkylation sites (tertiary alicyclic amines) is 1. The second kappa shape index (κ2) is 4.18. The fourth-order valence-corrected chi connectivity index (χ4v) is 2.54. The van der Waals surface area contributed by atoms with Gasteiger partial charge in [-0.05, 0) is 24.8 Å². The molecule has 3 rings (SSSR count). The first-order valence-electron chi connectivity index (χ1n) is 6.18. The minimum Gasteiger partial charge on any atom is -0.386 e. The molecule has 0 spiro atoms. The van der Waals surface area contributed by atoms with Crippen LogP contribution in [0.25, 0.3) is 0 Å². The largest absolute Gasteiger partial charge is 0.386 e. The lowest BCUT2D eigenvalue weighted by molar-refractivity contribution is -0.0959. The summed E-state index contributed by atoms with van der Waals surface area (Å²) in [6.45, 7) is -0.00684. The first-order valence-corrected chi connectivity index (χ1v) is 6.18. The van der Waals surface area contributed by atoms with Gasteiger partial charge in [-0.1, -0.05) is 0 Å². The molecule has 1 aromatic carbocycles. The van der Waals surface area contributed by atoms with E-state index in [0.29, 0.717) is 6.07 Å². The number of hydrogen-bond acceptors (Lipinski definition) is 2. The number of hydrogen-bond donors (Lipinski definition) is 1. The molecule has 1 aliphatic heterocycles. The lowest BCUT2D eigenvalue weighted by Crippen LogP contribution is -2.64. The molecule has 2 aliphatic rings. The number of benzene rings is 1. The summed E-state index contributed by atoms with van der Waals surface area (Å²) < 4.78 is 52.4. The van der Waals surface area contributed by atoms with Crippen molar-refractivity contribution >= 4 is 5.91 Å². The van der Waals surface area contributed by atoms with Gasteiger partial charge < -0.3 is 10.0 Å². The lowest BCUT2D eigenvalue weighted by Gasteiger charge is -2.47. The minimum atomic E-state index is -2.01. The summed E-state index contributed by atoms with van der Waals surface area (Å²) in [4.78, 5) is 13.0. The number of halogens is 4. The molecule has 2 fully saturated rings. The second-order valence-corrected chi connectivity index (χ2v) is 5.39. The summed E-state index contributed by atoms with van der Waals surface area (Å²) in [6.07, 6.45) is 1.74. The molecule has 0 atom stereocenters. The van der Waals surface area contributed by atoms with Gasteiger partial charge in [0.15, 0.2) is 23.3 Å². The Morgan fingerprint density at radius 3 is 2.30 bits per heavy atom. The van der Waals surface area contributed by atoms with E-state index in [1.165, 1.54) is 0 Å². The normalized spacial score (nSPS) is 20.8. The van der Waals surface area contributed by atoms with Crippen molar-refractivity contribution in [1.29, 1.82) is 0 Å². The highest BCUT2D eigenvalue weighted by Gasteiger charge is 2.53. The van der Waals surface area contributed by atoms with Crippen LogP contribution in [0.1, 0.15) is 23.2 Å². The fraction of sp³-hybridized carbons (Fsp3) is 0.462. The first kappa shape index (κ1) is 13.4. The molecular weight excluding hydrogens is 278 g/mol. The van der Waals surface area contributed by atoms with Crippen LogP contribution in [-0.4, -0.2) is 34.6 Å².